The second kappa shape index (κ2) is 8.74. The van der Waals surface area contributed by atoms with Crippen molar-refractivity contribution in [2.45, 2.75) is 18.2 Å². The van der Waals surface area contributed by atoms with Gasteiger partial charge in [0, 0.05) is 38.4 Å². The summed E-state index contributed by atoms with van der Waals surface area (Å²) in [4.78, 5) is 16.9. The van der Waals surface area contributed by atoms with Crippen LogP contribution in [0.1, 0.15) is 23.8 Å². The van der Waals surface area contributed by atoms with Gasteiger partial charge < -0.3 is 14.4 Å². The third-order valence-corrected chi connectivity index (χ3v) is 5.83. The highest BCUT2D eigenvalue weighted by Gasteiger charge is 2.29. The molecule has 5 nitrogen and oxygen atoms in total. The normalized spacial score (nSPS) is 22.6. The molecule has 6 heteroatoms. The number of carbonyl (C=O) groups excluding carboxylic acids is 1. The molecule has 0 bridgehead atoms. The Morgan fingerprint density at radius 2 is 2.12 bits per heavy atom. The van der Waals surface area contributed by atoms with Gasteiger partial charge in [0.25, 0.3) is 0 Å². The fourth-order valence-corrected chi connectivity index (χ4v) is 4.48. The molecule has 24 heavy (non-hydrogen) atoms. The van der Waals surface area contributed by atoms with Crippen LogP contribution in [0.5, 0.6) is 5.75 Å². The summed E-state index contributed by atoms with van der Waals surface area (Å²) in [6.07, 6.45) is 1.65. The smallest absolute Gasteiger partial charge is 0.224 e. The molecule has 0 N–H and O–H groups in total. The third-order valence-electron chi connectivity index (χ3n) is 4.55. The Morgan fingerprint density at radius 3 is 2.92 bits per heavy atom. The molecule has 0 aromatic heterocycles. The number of ether oxygens (including phenoxy) is 2. The van der Waals surface area contributed by atoms with E-state index in [1.165, 1.54) is 0 Å². The molecule has 0 aliphatic carbocycles. The maximum atomic E-state index is 12.5. The quantitative estimate of drug-likeness (QED) is 0.788. The van der Waals surface area contributed by atoms with Crippen molar-refractivity contribution in [2.24, 2.45) is 0 Å². The van der Waals surface area contributed by atoms with E-state index in [0.29, 0.717) is 6.42 Å². The third kappa shape index (κ3) is 4.43. The van der Waals surface area contributed by atoms with Crippen LogP contribution in [0.3, 0.4) is 0 Å². The van der Waals surface area contributed by atoms with Crippen molar-refractivity contribution in [1.29, 1.82) is 0 Å². The number of hydrogen-bond acceptors (Lipinski definition) is 5. The van der Waals surface area contributed by atoms with Crippen molar-refractivity contribution in [1.82, 2.24) is 9.80 Å². The maximum Gasteiger partial charge on any atom is 0.224 e. The molecule has 1 atom stereocenters. The molecular weight excluding hydrogens is 324 g/mol. The summed E-state index contributed by atoms with van der Waals surface area (Å²) < 4.78 is 10.7. The second-order valence-corrected chi connectivity index (χ2v) is 7.33. The fourth-order valence-electron chi connectivity index (χ4n) is 3.22. The van der Waals surface area contributed by atoms with Gasteiger partial charge in [-0.1, -0.05) is 12.1 Å². The largest absolute Gasteiger partial charge is 0.497 e. The first-order chi connectivity index (χ1) is 11.8. The predicted molar refractivity (Wildman–Crippen MR) is 96.4 cm³/mol. The number of thioether (sulfide) groups is 1. The van der Waals surface area contributed by atoms with E-state index in [1.54, 1.807) is 7.11 Å². The summed E-state index contributed by atoms with van der Waals surface area (Å²) in [6.45, 7) is 5.49. The average Bonchev–Trinajstić information content (AvgIpc) is 2.64. The van der Waals surface area contributed by atoms with Crippen molar-refractivity contribution < 1.29 is 14.3 Å². The number of methoxy groups -OCH3 is 1. The van der Waals surface area contributed by atoms with Crippen LogP contribution in [-0.4, -0.2) is 68.0 Å². The fraction of sp³-hybridized carbons (Fsp3) is 0.611. The standard InChI is InChI=1S/C18H26N2O3S/c1-22-16-5-2-4-15(14-16)18-20(17(21)6-13-24-18)8-3-7-19-9-11-23-12-10-19/h2,4-5,14,18H,3,6-13H2,1H3. The molecule has 1 aromatic carbocycles. The molecule has 0 radical (unpaired) electrons. The van der Waals surface area contributed by atoms with Crippen LogP contribution >= 0.6 is 11.8 Å². The van der Waals surface area contributed by atoms with E-state index in [4.69, 9.17) is 9.47 Å². The van der Waals surface area contributed by atoms with Gasteiger partial charge in [-0.25, -0.2) is 0 Å². The highest BCUT2D eigenvalue weighted by atomic mass is 32.2. The van der Waals surface area contributed by atoms with Gasteiger partial charge in [0.15, 0.2) is 0 Å². The number of carbonyl (C=O) groups is 1. The van der Waals surface area contributed by atoms with Crippen molar-refractivity contribution in [2.75, 3.05) is 52.3 Å². The van der Waals surface area contributed by atoms with Crippen LogP contribution in [0.2, 0.25) is 0 Å². The van der Waals surface area contributed by atoms with E-state index in [1.807, 2.05) is 34.9 Å². The topological polar surface area (TPSA) is 42.0 Å². The van der Waals surface area contributed by atoms with Gasteiger partial charge >= 0.3 is 0 Å². The van der Waals surface area contributed by atoms with E-state index in [-0.39, 0.29) is 11.3 Å². The zero-order valence-electron chi connectivity index (χ0n) is 14.3. The molecule has 0 saturated carbocycles. The molecule has 2 saturated heterocycles. The van der Waals surface area contributed by atoms with E-state index in [9.17, 15) is 4.79 Å². The summed E-state index contributed by atoms with van der Waals surface area (Å²) in [7, 11) is 1.68. The van der Waals surface area contributed by atoms with Crippen LogP contribution < -0.4 is 4.74 Å². The molecule has 0 spiro atoms. The molecular formula is C18H26N2O3S. The van der Waals surface area contributed by atoms with Gasteiger partial charge in [0.05, 0.1) is 20.3 Å². The van der Waals surface area contributed by atoms with Gasteiger partial charge in [-0.2, -0.15) is 0 Å². The zero-order valence-corrected chi connectivity index (χ0v) is 15.1. The molecule has 3 rings (SSSR count). The lowest BCUT2D eigenvalue weighted by Crippen LogP contribution is -2.41. The summed E-state index contributed by atoms with van der Waals surface area (Å²) >= 11 is 1.85. The zero-order chi connectivity index (χ0) is 16.8. The molecule has 1 unspecified atom stereocenters. The van der Waals surface area contributed by atoms with Gasteiger partial charge in [0.1, 0.15) is 11.1 Å². The SMILES string of the molecule is COc1cccc(C2SCCC(=O)N2CCCN2CCOCC2)c1. The maximum absolute atomic E-state index is 12.5. The van der Waals surface area contributed by atoms with Gasteiger partial charge in [-0.15, -0.1) is 11.8 Å². The van der Waals surface area contributed by atoms with Gasteiger partial charge in [0.2, 0.25) is 5.91 Å². The Labute approximate surface area is 148 Å². The van der Waals surface area contributed by atoms with Crippen molar-refractivity contribution in [3.05, 3.63) is 29.8 Å². The van der Waals surface area contributed by atoms with Crippen LogP contribution in [0.15, 0.2) is 24.3 Å². The number of morpholine rings is 1. The van der Waals surface area contributed by atoms with E-state index in [2.05, 4.69) is 11.0 Å². The minimum absolute atomic E-state index is 0.103. The van der Waals surface area contributed by atoms with E-state index in [0.717, 1.165) is 62.9 Å². The molecule has 1 amide bonds. The Hall–Kier alpha value is -1.24. The Kier molecular flexibility index (Phi) is 6.40. The van der Waals surface area contributed by atoms with E-state index < -0.39 is 0 Å². The first-order valence-electron chi connectivity index (χ1n) is 8.63. The van der Waals surface area contributed by atoms with Crippen molar-refractivity contribution >= 4 is 17.7 Å². The summed E-state index contributed by atoms with van der Waals surface area (Å²) in [6, 6.07) is 8.08. The lowest BCUT2D eigenvalue weighted by atomic mass is 10.1. The Bertz CT molecular complexity index is 549. The van der Waals surface area contributed by atoms with Gasteiger partial charge in [-0.3, -0.25) is 9.69 Å². The number of benzene rings is 1. The highest BCUT2D eigenvalue weighted by Crippen LogP contribution is 2.38. The number of amides is 1. The Balaban J connectivity index is 1.62. The molecule has 2 aliphatic heterocycles. The van der Waals surface area contributed by atoms with Crippen LogP contribution in [0.4, 0.5) is 0 Å². The molecule has 132 valence electrons. The van der Waals surface area contributed by atoms with Crippen LogP contribution in [0, 0.1) is 0 Å². The minimum Gasteiger partial charge on any atom is -0.497 e. The van der Waals surface area contributed by atoms with Crippen molar-refractivity contribution in [3.8, 4) is 5.75 Å². The monoisotopic (exact) mass is 350 g/mol. The minimum atomic E-state index is 0.103. The van der Waals surface area contributed by atoms with Gasteiger partial charge in [-0.05, 0) is 24.1 Å². The average molecular weight is 350 g/mol. The van der Waals surface area contributed by atoms with Crippen LogP contribution in [0.25, 0.3) is 0 Å². The predicted octanol–water partition coefficient (Wildman–Crippen LogP) is 2.38. The lowest BCUT2D eigenvalue weighted by Gasteiger charge is -2.36. The molecule has 1 aromatic rings. The lowest BCUT2D eigenvalue weighted by molar-refractivity contribution is -0.132. The second-order valence-electron chi connectivity index (χ2n) is 6.14. The summed E-state index contributed by atoms with van der Waals surface area (Å²) in [5, 5.41) is 0.103. The van der Waals surface area contributed by atoms with Crippen LogP contribution in [-0.2, 0) is 9.53 Å². The molecule has 2 fully saturated rings. The summed E-state index contributed by atoms with van der Waals surface area (Å²) in [5.41, 5.74) is 1.15. The Morgan fingerprint density at radius 1 is 1.29 bits per heavy atom. The first-order valence-corrected chi connectivity index (χ1v) is 9.68. The highest BCUT2D eigenvalue weighted by molar-refractivity contribution is 7.99. The van der Waals surface area contributed by atoms with E-state index >= 15 is 0 Å². The number of hydrogen-bond donors (Lipinski definition) is 0. The first kappa shape index (κ1) is 17.6. The number of nitrogens with zero attached hydrogens (tertiary/aromatic N) is 2. The molecule has 2 aliphatic rings. The number of rotatable bonds is 6. The van der Waals surface area contributed by atoms with Crippen molar-refractivity contribution in [3.63, 3.8) is 0 Å². The molecule has 2 heterocycles. The summed E-state index contributed by atoms with van der Waals surface area (Å²) in [5.74, 6) is 2.00.